The first-order chi connectivity index (χ1) is 4.27. The highest BCUT2D eigenvalue weighted by molar-refractivity contribution is 14.1. The maximum atomic E-state index is 9.45. The number of hydrogen-bond acceptors (Lipinski definition) is 1. The molecule has 1 fully saturated rings. The Morgan fingerprint density at radius 3 is 2.56 bits per heavy atom. The highest BCUT2D eigenvalue weighted by Crippen LogP contribution is 2.32. The van der Waals surface area contributed by atoms with Gasteiger partial charge in [0.15, 0.2) is 0 Å². The summed E-state index contributed by atoms with van der Waals surface area (Å²) in [7, 11) is 0. The molecule has 1 N–H and O–H groups in total. The summed E-state index contributed by atoms with van der Waals surface area (Å²) >= 11 is 2.27. The van der Waals surface area contributed by atoms with Gasteiger partial charge in [0.1, 0.15) is 0 Å². The van der Waals surface area contributed by atoms with E-state index in [0.29, 0.717) is 0 Å². The Labute approximate surface area is 69.3 Å². The average Bonchev–Trinajstić information content (AvgIpc) is 1.79. The number of halogens is 1. The van der Waals surface area contributed by atoms with Gasteiger partial charge in [0.05, 0.1) is 5.60 Å². The van der Waals surface area contributed by atoms with Gasteiger partial charge in [-0.3, -0.25) is 0 Å². The summed E-state index contributed by atoms with van der Waals surface area (Å²) in [6, 6.07) is 0. The highest BCUT2D eigenvalue weighted by atomic mass is 127. The Balaban J connectivity index is 2.32. The Kier molecular flexibility index (Phi) is 2.52. The van der Waals surface area contributed by atoms with Crippen molar-refractivity contribution in [2.45, 2.75) is 24.9 Å². The topological polar surface area (TPSA) is 20.2 Å². The zero-order valence-electron chi connectivity index (χ0n) is 5.31. The molecule has 0 amide bonds. The van der Waals surface area contributed by atoms with Gasteiger partial charge < -0.3 is 5.11 Å². The highest BCUT2D eigenvalue weighted by Gasteiger charge is 2.30. The Bertz CT molecular complexity index is 116. The molecule has 1 aliphatic carbocycles. The van der Waals surface area contributed by atoms with E-state index in [1.165, 1.54) is 6.42 Å². The van der Waals surface area contributed by atoms with E-state index >= 15 is 0 Å². The van der Waals surface area contributed by atoms with Crippen LogP contribution in [0.1, 0.15) is 19.3 Å². The zero-order valence-corrected chi connectivity index (χ0v) is 7.47. The van der Waals surface area contributed by atoms with E-state index in [-0.39, 0.29) is 0 Å². The first-order valence-electron chi connectivity index (χ1n) is 3.23. The second-order valence-corrected chi connectivity index (χ2v) is 3.39. The molecule has 0 atom stereocenters. The van der Waals surface area contributed by atoms with Crippen LogP contribution >= 0.6 is 22.6 Å². The van der Waals surface area contributed by atoms with Gasteiger partial charge in [-0.1, -0.05) is 34.7 Å². The van der Waals surface area contributed by atoms with Gasteiger partial charge >= 0.3 is 0 Å². The van der Waals surface area contributed by atoms with E-state index in [1.807, 2.05) is 12.2 Å². The predicted octanol–water partition coefficient (Wildman–Crippen LogP) is 1.89. The molecule has 0 spiro atoms. The van der Waals surface area contributed by atoms with E-state index < -0.39 is 5.60 Å². The lowest BCUT2D eigenvalue weighted by molar-refractivity contribution is 0.0141. The molecule has 0 aromatic heterocycles. The number of allylic oxidation sites excluding steroid dienone is 1. The van der Waals surface area contributed by atoms with Crippen molar-refractivity contribution in [1.29, 1.82) is 0 Å². The summed E-state index contributed by atoms with van der Waals surface area (Å²) in [5.74, 6) is 0. The lowest BCUT2D eigenvalue weighted by Crippen LogP contribution is -2.33. The molecule has 0 aromatic carbocycles. The summed E-state index contributed by atoms with van der Waals surface area (Å²) in [6.07, 6.45) is 7.06. The molecule has 1 aliphatic rings. The molecule has 9 heavy (non-hydrogen) atoms. The van der Waals surface area contributed by atoms with Crippen molar-refractivity contribution in [3.05, 3.63) is 12.2 Å². The van der Waals surface area contributed by atoms with E-state index in [1.54, 1.807) is 0 Å². The van der Waals surface area contributed by atoms with Crippen molar-refractivity contribution in [3.8, 4) is 0 Å². The van der Waals surface area contributed by atoms with E-state index in [9.17, 15) is 5.11 Å². The van der Waals surface area contributed by atoms with E-state index in [2.05, 4.69) is 22.6 Å². The third-order valence-electron chi connectivity index (χ3n) is 1.74. The minimum Gasteiger partial charge on any atom is -0.386 e. The fourth-order valence-corrected chi connectivity index (χ4v) is 1.22. The van der Waals surface area contributed by atoms with Gasteiger partial charge in [-0.2, -0.15) is 0 Å². The SMILES string of the molecule is OC1(C=CCI)CCC1. The average molecular weight is 238 g/mol. The summed E-state index contributed by atoms with van der Waals surface area (Å²) in [4.78, 5) is 0. The van der Waals surface area contributed by atoms with Gasteiger partial charge in [-0.15, -0.1) is 0 Å². The maximum Gasteiger partial charge on any atom is 0.0828 e. The second kappa shape index (κ2) is 3.01. The smallest absolute Gasteiger partial charge is 0.0828 e. The van der Waals surface area contributed by atoms with Crippen molar-refractivity contribution < 1.29 is 5.11 Å². The molecule has 1 nitrogen and oxygen atoms in total. The monoisotopic (exact) mass is 238 g/mol. The predicted molar refractivity (Wildman–Crippen MR) is 46.8 cm³/mol. The number of hydrogen-bond donors (Lipinski definition) is 1. The molecule has 0 radical (unpaired) electrons. The van der Waals surface area contributed by atoms with Crippen molar-refractivity contribution >= 4 is 22.6 Å². The Morgan fingerprint density at radius 2 is 2.22 bits per heavy atom. The molecular formula is C7H11IO. The maximum absolute atomic E-state index is 9.45. The number of aliphatic hydroxyl groups is 1. The molecule has 1 saturated carbocycles. The van der Waals surface area contributed by atoms with Crippen LogP contribution in [0.4, 0.5) is 0 Å². The van der Waals surface area contributed by atoms with Crippen LogP contribution in [0.2, 0.25) is 0 Å². The molecule has 52 valence electrons. The first kappa shape index (κ1) is 7.54. The van der Waals surface area contributed by atoms with Crippen molar-refractivity contribution in [2.24, 2.45) is 0 Å². The van der Waals surface area contributed by atoms with Crippen LogP contribution < -0.4 is 0 Å². The third kappa shape index (κ3) is 1.93. The molecule has 2 heteroatoms. The number of rotatable bonds is 2. The fraction of sp³-hybridized carbons (Fsp3) is 0.714. The quantitative estimate of drug-likeness (QED) is 0.442. The zero-order chi connectivity index (χ0) is 6.74. The lowest BCUT2D eigenvalue weighted by Gasteiger charge is -2.33. The standard InChI is InChI=1S/C7H11IO/c8-6-2-5-7(9)3-1-4-7/h2,5,9H,1,3-4,6H2. The molecule has 1 rings (SSSR count). The summed E-state index contributed by atoms with van der Waals surface area (Å²) in [6.45, 7) is 0. The van der Waals surface area contributed by atoms with E-state index in [4.69, 9.17) is 0 Å². The van der Waals surface area contributed by atoms with Crippen molar-refractivity contribution in [3.63, 3.8) is 0 Å². The summed E-state index contributed by atoms with van der Waals surface area (Å²) < 4.78 is 1.00. The molecule has 0 heterocycles. The van der Waals surface area contributed by atoms with Crippen LogP contribution in [-0.4, -0.2) is 15.1 Å². The van der Waals surface area contributed by atoms with Crippen molar-refractivity contribution in [1.82, 2.24) is 0 Å². The van der Waals surface area contributed by atoms with Crippen LogP contribution in [0.5, 0.6) is 0 Å². The largest absolute Gasteiger partial charge is 0.386 e. The third-order valence-corrected chi connectivity index (χ3v) is 2.25. The van der Waals surface area contributed by atoms with Gasteiger partial charge in [-0.25, -0.2) is 0 Å². The summed E-state index contributed by atoms with van der Waals surface area (Å²) in [5.41, 5.74) is -0.412. The van der Waals surface area contributed by atoms with E-state index in [0.717, 1.165) is 17.3 Å². The first-order valence-corrected chi connectivity index (χ1v) is 4.75. The van der Waals surface area contributed by atoms with Gasteiger partial charge in [0, 0.05) is 4.43 Å². The Morgan fingerprint density at radius 1 is 1.56 bits per heavy atom. The van der Waals surface area contributed by atoms with Crippen molar-refractivity contribution in [2.75, 3.05) is 4.43 Å². The molecule has 0 unspecified atom stereocenters. The van der Waals surface area contributed by atoms with Crippen LogP contribution in [0.3, 0.4) is 0 Å². The van der Waals surface area contributed by atoms with Crippen LogP contribution in [0.15, 0.2) is 12.2 Å². The van der Waals surface area contributed by atoms with Crippen LogP contribution in [0.25, 0.3) is 0 Å². The summed E-state index contributed by atoms with van der Waals surface area (Å²) in [5, 5.41) is 9.45. The minimum absolute atomic E-state index is 0.412. The molecular weight excluding hydrogens is 227 g/mol. The van der Waals surface area contributed by atoms with Gasteiger partial charge in [0.25, 0.3) is 0 Å². The van der Waals surface area contributed by atoms with Gasteiger partial charge in [-0.05, 0) is 19.3 Å². The second-order valence-electron chi connectivity index (χ2n) is 2.51. The number of alkyl halides is 1. The minimum atomic E-state index is -0.412. The normalized spacial score (nSPS) is 24.2. The van der Waals surface area contributed by atoms with Crippen LogP contribution in [-0.2, 0) is 0 Å². The van der Waals surface area contributed by atoms with Crippen LogP contribution in [0, 0.1) is 0 Å². The Hall–Kier alpha value is 0.430. The molecule has 0 saturated heterocycles. The van der Waals surface area contributed by atoms with Gasteiger partial charge in [0.2, 0.25) is 0 Å². The molecule has 0 aliphatic heterocycles. The lowest BCUT2D eigenvalue weighted by atomic mass is 9.80. The molecule has 0 aromatic rings. The molecule has 0 bridgehead atoms. The fourth-order valence-electron chi connectivity index (χ4n) is 0.970.